The molecule has 0 radical (unpaired) electrons. The van der Waals surface area contributed by atoms with Crippen LogP contribution in [0.1, 0.15) is 30.2 Å². The number of nitrogens with zero attached hydrogens (tertiary/aromatic N) is 1. The van der Waals surface area contributed by atoms with Crippen LogP contribution in [0.3, 0.4) is 0 Å². The van der Waals surface area contributed by atoms with Crippen molar-refractivity contribution in [2.75, 3.05) is 25.6 Å². The van der Waals surface area contributed by atoms with Gasteiger partial charge in [0.05, 0.1) is 13.2 Å². The third kappa shape index (κ3) is 3.23. The van der Waals surface area contributed by atoms with Crippen molar-refractivity contribution >= 4 is 11.9 Å². The molecule has 16 heavy (non-hydrogen) atoms. The molecule has 0 fully saturated rings. The van der Waals surface area contributed by atoms with Crippen molar-refractivity contribution in [3.63, 3.8) is 0 Å². The molecule has 0 aliphatic rings. The van der Waals surface area contributed by atoms with Gasteiger partial charge in [-0.1, -0.05) is 0 Å². The van der Waals surface area contributed by atoms with E-state index < -0.39 is 5.97 Å². The van der Waals surface area contributed by atoms with Gasteiger partial charge in [-0.2, -0.15) is 0 Å². The van der Waals surface area contributed by atoms with Crippen molar-refractivity contribution in [1.82, 2.24) is 4.98 Å². The number of carbonyl (C=O) groups is 1. The van der Waals surface area contributed by atoms with Crippen LogP contribution in [0.25, 0.3) is 0 Å². The normalized spacial score (nSPS) is 10.4. The number of oxazole rings is 1. The lowest BCUT2D eigenvalue weighted by Crippen LogP contribution is -2.07. The molecule has 0 aliphatic heterocycles. The SMILES string of the molecule is CCOCCc1nc(C(=O)OCC)c(N)o1. The summed E-state index contributed by atoms with van der Waals surface area (Å²) >= 11 is 0. The first-order valence-corrected chi connectivity index (χ1v) is 5.19. The van der Waals surface area contributed by atoms with E-state index in [1.54, 1.807) is 6.92 Å². The zero-order valence-corrected chi connectivity index (χ0v) is 9.49. The molecule has 90 valence electrons. The minimum absolute atomic E-state index is 0.00931. The van der Waals surface area contributed by atoms with Gasteiger partial charge in [0.2, 0.25) is 11.6 Å². The lowest BCUT2D eigenvalue weighted by Gasteiger charge is -1.96. The summed E-state index contributed by atoms with van der Waals surface area (Å²) < 4.78 is 15.0. The summed E-state index contributed by atoms with van der Waals surface area (Å²) in [6.07, 6.45) is 0.484. The van der Waals surface area contributed by atoms with E-state index in [1.165, 1.54) is 0 Å². The Balaban J connectivity index is 2.62. The topological polar surface area (TPSA) is 87.6 Å². The molecule has 0 spiro atoms. The molecule has 0 saturated carbocycles. The molecular formula is C10H16N2O4. The summed E-state index contributed by atoms with van der Waals surface area (Å²) in [7, 11) is 0. The summed E-state index contributed by atoms with van der Waals surface area (Å²) in [4.78, 5) is 15.3. The first-order chi connectivity index (χ1) is 7.69. The van der Waals surface area contributed by atoms with Crippen molar-refractivity contribution in [2.45, 2.75) is 20.3 Å². The van der Waals surface area contributed by atoms with Crippen LogP contribution in [-0.4, -0.2) is 30.8 Å². The summed E-state index contributed by atoms with van der Waals surface area (Å²) in [6, 6.07) is 0. The maximum atomic E-state index is 11.4. The zero-order chi connectivity index (χ0) is 12.0. The predicted molar refractivity (Wildman–Crippen MR) is 57.1 cm³/mol. The van der Waals surface area contributed by atoms with E-state index in [4.69, 9.17) is 19.6 Å². The smallest absolute Gasteiger partial charge is 0.362 e. The van der Waals surface area contributed by atoms with Crippen LogP contribution < -0.4 is 5.73 Å². The lowest BCUT2D eigenvalue weighted by atomic mass is 10.4. The van der Waals surface area contributed by atoms with Gasteiger partial charge < -0.3 is 19.6 Å². The Morgan fingerprint density at radius 1 is 1.44 bits per heavy atom. The molecular weight excluding hydrogens is 212 g/mol. The predicted octanol–water partition coefficient (Wildman–Crippen LogP) is 1.01. The second-order valence-electron chi connectivity index (χ2n) is 2.99. The van der Waals surface area contributed by atoms with E-state index in [9.17, 15) is 4.79 Å². The van der Waals surface area contributed by atoms with Crippen LogP contribution in [0.2, 0.25) is 0 Å². The average Bonchev–Trinajstić information content (AvgIpc) is 2.61. The molecule has 6 heteroatoms. The molecule has 1 aromatic rings. The number of carbonyl (C=O) groups excluding carboxylic acids is 1. The van der Waals surface area contributed by atoms with Gasteiger partial charge in [-0.25, -0.2) is 9.78 Å². The average molecular weight is 228 g/mol. The zero-order valence-electron chi connectivity index (χ0n) is 9.49. The maximum absolute atomic E-state index is 11.4. The summed E-state index contributed by atoms with van der Waals surface area (Å²) in [5.41, 5.74) is 5.54. The largest absolute Gasteiger partial charge is 0.461 e. The van der Waals surface area contributed by atoms with Crippen molar-refractivity contribution < 1.29 is 18.7 Å². The highest BCUT2D eigenvalue weighted by molar-refractivity contribution is 5.91. The summed E-state index contributed by atoms with van der Waals surface area (Å²) in [5.74, 6) is -0.189. The van der Waals surface area contributed by atoms with Crippen LogP contribution in [-0.2, 0) is 15.9 Å². The van der Waals surface area contributed by atoms with Crippen LogP contribution in [0, 0.1) is 0 Å². The van der Waals surface area contributed by atoms with Gasteiger partial charge in [-0.3, -0.25) is 0 Å². The molecule has 1 heterocycles. The Labute approximate surface area is 93.7 Å². The third-order valence-corrected chi connectivity index (χ3v) is 1.83. The highest BCUT2D eigenvalue weighted by atomic mass is 16.5. The van der Waals surface area contributed by atoms with Crippen molar-refractivity contribution in [3.05, 3.63) is 11.6 Å². The molecule has 1 aromatic heterocycles. The van der Waals surface area contributed by atoms with Gasteiger partial charge in [-0.15, -0.1) is 0 Å². The number of rotatable bonds is 6. The van der Waals surface area contributed by atoms with Gasteiger partial charge >= 0.3 is 5.97 Å². The van der Waals surface area contributed by atoms with E-state index in [0.717, 1.165) is 0 Å². The monoisotopic (exact) mass is 228 g/mol. The number of anilines is 1. The number of hydrogen-bond acceptors (Lipinski definition) is 6. The number of ether oxygens (including phenoxy) is 2. The highest BCUT2D eigenvalue weighted by Crippen LogP contribution is 2.14. The molecule has 0 bridgehead atoms. The molecule has 0 atom stereocenters. The first-order valence-electron chi connectivity index (χ1n) is 5.19. The van der Waals surface area contributed by atoms with E-state index in [1.807, 2.05) is 6.92 Å². The molecule has 0 saturated heterocycles. The lowest BCUT2D eigenvalue weighted by molar-refractivity contribution is 0.0521. The molecule has 2 N–H and O–H groups in total. The fraction of sp³-hybridized carbons (Fsp3) is 0.600. The van der Waals surface area contributed by atoms with Gasteiger partial charge in [-0.05, 0) is 13.8 Å². The highest BCUT2D eigenvalue weighted by Gasteiger charge is 2.18. The molecule has 1 rings (SSSR count). The summed E-state index contributed by atoms with van der Waals surface area (Å²) in [6.45, 7) is 5.00. The Morgan fingerprint density at radius 2 is 2.19 bits per heavy atom. The molecule has 0 unspecified atom stereocenters. The van der Waals surface area contributed by atoms with Crippen molar-refractivity contribution in [3.8, 4) is 0 Å². The number of esters is 1. The van der Waals surface area contributed by atoms with E-state index in [0.29, 0.717) is 25.5 Å². The van der Waals surface area contributed by atoms with E-state index in [2.05, 4.69) is 4.98 Å². The number of nitrogen functional groups attached to an aromatic ring is 1. The molecule has 0 aromatic carbocycles. The van der Waals surface area contributed by atoms with Crippen molar-refractivity contribution in [1.29, 1.82) is 0 Å². The van der Waals surface area contributed by atoms with Crippen LogP contribution in [0.4, 0.5) is 5.88 Å². The first kappa shape index (κ1) is 12.5. The number of aromatic nitrogens is 1. The molecule has 0 amide bonds. The second kappa shape index (κ2) is 6.12. The van der Waals surface area contributed by atoms with Crippen molar-refractivity contribution in [2.24, 2.45) is 0 Å². The Kier molecular flexibility index (Phi) is 4.78. The fourth-order valence-corrected chi connectivity index (χ4v) is 1.13. The number of nitrogens with two attached hydrogens (primary N) is 1. The minimum Gasteiger partial charge on any atom is -0.461 e. The standard InChI is InChI=1S/C10H16N2O4/c1-3-14-6-5-7-12-8(9(11)16-7)10(13)15-4-2/h3-6,11H2,1-2H3. The number of hydrogen-bond donors (Lipinski definition) is 1. The van der Waals surface area contributed by atoms with Gasteiger partial charge in [0.15, 0.2) is 5.89 Å². The minimum atomic E-state index is -0.564. The third-order valence-electron chi connectivity index (χ3n) is 1.83. The maximum Gasteiger partial charge on any atom is 0.362 e. The van der Waals surface area contributed by atoms with Gasteiger partial charge in [0.1, 0.15) is 0 Å². The van der Waals surface area contributed by atoms with Gasteiger partial charge in [0.25, 0.3) is 0 Å². The fourth-order valence-electron chi connectivity index (χ4n) is 1.13. The van der Waals surface area contributed by atoms with Crippen LogP contribution in [0.15, 0.2) is 4.42 Å². The second-order valence-corrected chi connectivity index (χ2v) is 2.99. The Hall–Kier alpha value is -1.56. The Morgan fingerprint density at radius 3 is 2.81 bits per heavy atom. The molecule has 0 aliphatic carbocycles. The van der Waals surface area contributed by atoms with Gasteiger partial charge in [0, 0.05) is 13.0 Å². The van der Waals surface area contributed by atoms with Crippen LogP contribution >= 0.6 is 0 Å². The van der Waals surface area contributed by atoms with Crippen LogP contribution in [0.5, 0.6) is 0 Å². The Bertz CT molecular complexity index is 349. The van der Waals surface area contributed by atoms with E-state index in [-0.39, 0.29) is 18.2 Å². The quantitative estimate of drug-likeness (QED) is 0.577. The molecule has 6 nitrogen and oxygen atoms in total. The van der Waals surface area contributed by atoms with E-state index >= 15 is 0 Å². The summed E-state index contributed by atoms with van der Waals surface area (Å²) in [5, 5.41) is 0.